The number of aliphatic imine (C=N–C) groups is 1. The van der Waals surface area contributed by atoms with Gasteiger partial charge in [0.1, 0.15) is 42.3 Å². The third kappa shape index (κ3) is 18.6. The number of hydrogen-bond acceptors (Lipinski definition) is 12. The molecule has 2 saturated heterocycles. The largest absolute Gasteiger partial charge is 0.370 e. The van der Waals surface area contributed by atoms with Crippen molar-refractivity contribution in [2.24, 2.45) is 28.3 Å². The van der Waals surface area contributed by atoms with Gasteiger partial charge >= 0.3 is 0 Å². The monoisotopic (exact) mass is 1060 g/mol. The standard InChI is InChI=1S/C48H71ClN12O9S2/c1-27(2)25-53-41(64)34(12-7-19-52-48(50)51)56-44(67)37-13-8-20-60(37)47(70)38-26-71-21-10-14-39(63)55-35(23-31-15-17-32(49)18-16-31)42(65)57-36(24-33-11-9-22-72-33)43(66)58-40(28(3)4)45(68)54-29(5)46(69)61(38)59-30(6)62/h9,11,15-18,22,27-29,34-38,40H,7-8,10,12-14,19-21,23-26H2,1-6H3,(H,53,64)(H,54,68)(H,55,63)(H,56,67)(H,57,65)(H,58,66)(H,59,62)(H4,50,51,52)/t29-,34-,35-,36-,37-,38-,40+/m0/s1. The number of nitrogens with zero attached hydrogens (tertiary/aromatic N) is 3. The summed E-state index contributed by atoms with van der Waals surface area (Å²) in [7, 11) is 0. The Labute approximate surface area is 434 Å². The maximum absolute atomic E-state index is 14.9. The first-order valence-electron chi connectivity index (χ1n) is 24.2. The first kappa shape index (κ1) is 58.6. The van der Waals surface area contributed by atoms with Crippen molar-refractivity contribution < 1.29 is 43.2 Å². The molecule has 2 aromatic rings. The summed E-state index contributed by atoms with van der Waals surface area (Å²) in [5.41, 5.74) is 14.1. The van der Waals surface area contributed by atoms with E-state index in [1.54, 1.807) is 50.2 Å². The minimum absolute atomic E-state index is 0.0468. The molecule has 396 valence electrons. The molecule has 0 bridgehead atoms. The summed E-state index contributed by atoms with van der Waals surface area (Å²) < 4.78 is 0. The van der Waals surface area contributed by atoms with E-state index in [0.717, 1.165) is 16.8 Å². The minimum atomic E-state index is -1.44. The maximum Gasteiger partial charge on any atom is 0.264 e. The fraction of sp³-hybridized carbons (Fsp3) is 0.583. The van der Waals surface area contributed by atoms with E-state index in [9.17, 15) is 43.2 Å². The highest BCUT2D eigenvalue weighted by molar-refractivity contribution is 7.99. The van der Waals surface area contributed by atoms with Crippen molar-refractivity contribution in [1.29, 1.82) is 0 Å². The van der Waals surface area contributed by atoms with Crippen LogP contribution in [-0.2, 0) is 56.0 Å². The number of nitrogens with two attached hydrogens (primary N) is 2. The van der Waals surface area contributed by atoms with E-state index in [2.05, 4.69) is 42.3 Å². The fourth-order valence-electron chi connectivity index (χ4n) is 8.01. The van der Waals surface area contributed by atoms with Crippen molar-refractivity contribution in [2.75, 3.05) is 31.1 Å². The average Bonchev–Trinajstić information content (AvgIpc) is 4.04. The molecular weight excluding hydrogens is 988 g/mol. The smallest absolute Gasteiger partial charge is 0.264 e. The molecule has 2 fully saturated rings. The number of thioether (sulfide) groups is 1. The van der Waals surface area contributed by atoms with Gasteiger partial charge in [-0.15, -0.1) is 11.3 Å². The van der Waals surface area contributed by atoms with Crippen molar-refractivity contribution in [3.05, 3.63) is 57.2 Å². The number of benzene rings is 1. The van der Waals surface area contributed by atoms with Crippen LogP contribution in [-0.4, -0.2) is 142 Å². The number of hydrogen-bond donors (Lipinski definition) is 9. The number of halogens is 1. The number of thiophene rings is 1. The molecule has 1 aromatic heterocycles. The van der Waals surface area contributed by atoms with Gasteiger partial charge in [-0.3, -0.25) is 53.6 Å². The Morgan fingerprint density at radius 3 is 2.22 bits per heavy atom. The van der Waals surface area contributed by atoms with Crippen LogP contribution in [0.25, 0.3) is 0 Å². The Morgan fingerprint density at radius 2 is 1.58 bits per heavy atom. The molecule has 2 aliphatic rings. The Kier molecular flexibility index (Phi) is 23.6. The van der Waals surface area contributed by atoms with Crippen LogP contribution in [0.1, 0.15) is 90.5 Å². The third-order valence-corrected chi connectivity index (χ3v) is 14.1. The van der Waals surface area contributed by atoms with Gasteiger partial charge in [0.15, 0.2) is 5.96 Å². The Hall–Kier alpha value is -5.94. The van der Waals surface area contributed by atoms with E-state index >= 15 is 0 Å². The molecule has 3 heterocycles. The van der Waals surface area contributed by atoms with Crippen molar-refractivity contribution in [3.8, 4) is 0 Å². The molecule has 2 aliphatic heterocycles. The predicted octanol–water partition coefficient (Wildman–Crippen LogP) is 0.879. The molecule has 11 N–H and O–H groups in total. The maximum atomic E-state index is 14.9. The highest BCUT2D eigenvalue weighted by atomic mass is 35.5. The van der Waals surface area contributed by atoms with Gasteiger partial charge in [-0.1, -0.05) is 57.5 Å². The van der Waals surface area contributed by atoms with E-state index in [4.69, 9.17) is 23.1 Å². The summed E-state index contributed by atoms with van der Waals surface area (Å²) in [4.78, 5) is 132. The molecule has 4 rings (SSSR count). The van der Waals surface area contributed by atoms with Crippen LogP contribution in [0.15, 0.2) is 46.8 Å². The van der Waals surface area contributed by atoms with Crippen LogP contribution in [0.5, 0.6) is 0 Å². The zero-order valence-electron chi connectivity index (χ0n) is 41.8. The molecule has 7 atom stereocenters. The second-order valence-electron chi connectivity index (χ2n) is 18.7. The van der Waals surface area contributed by atoms with Gasteiger partial charge in [-0.2, -0.15) is 11.8 Å². The summed E-state index contributed by atoms with van der Waals surface area (Å²) in [5.74, 6) is -6.24. The van der Waals surface area contributed by atoms with Crippen molar-refractivity contribution in [2.45, 2.75) is 135 Å². The lowest BCUT2D eigenvalue weighted by atomic mass is 10.0. The SMILES string of the molecule is CC(=O)NN1C(=O)[C@H](C)NC(=O)[C@@H](C(C)C)NC(=O)[C@H](Cc2cccs2)NC(=O)[C@H](Cc2ccc(Cl)cc2)NC(=O)CCCSC[C@H]1C(=O)N1CCC[C@H]1C(=O)N[C@@H](CCCN=C(N)N)C(=O)NCC(C)C. The first-order valence-corrected chi connectivity index (χ1v) is 26.7. The summed E-state index contributed by atoms with van der Waals surface area (Å²) in [5, 5.41) is 19.9. The lowest BCUT2D eigenvalue weighted by Crippen LogP contribution is -2.64. The number of rotatable bonds is 16. The van der Waals surface area contributed by atoms with Gasteiger partial charge in [0.2, 0.25) is 47.3 Å². The molecule has 0 radical (unpaired) electrons. The number of hydrazine groups is 1. The number of guanidine groups is 1. The van der Waals surface area contributed by atoms with Crippen LogP contribution >= 0.6 is 34.7 Å². The number of carbonyl (C=O) groups excluding carboxylic acids is 9. The molecule has 9 amide bonds. The van der Waals surface area contributed by atoms with E-state index in [-0.39, 0.29) is 75.0 Å². The normalized spacial score (nSPS) is 22.5. The number of likely N-dealkylation sites (tertiary alicyclic amines) is 1. The van der Waals surface area contributed by atoms with Crippen molar-refractivity contribution >= 4 is 93.8 Å². The molecule has 21 nitrogen and oxygen atoms in total. The van der Waals surface area contributed by atoms with E-state index in [1.807, 2.05) is 19.2 Å². The highest BCUT2D eigenvalue weighted by Crippen LogP contribution is 2.23. The quantitative estimate of drug-likeness (QED) is 0.0643. The van der Waals surface area contributed by atoms with Crippen LogP contribution < -0.4 is 48.8 Å². The van der Waals surface area contributed by atoms with Crippen LogP contribution in [0.2, 0.25) is 5.02 Å². The zero-order chi connectivity index (χ0) is 53.1. The molecule has 72 heavy (non-hydrogen) atoms. The molecule has 0 spiro atoms. The number of nitrogens with one attached hydrogen (secondary N) is 7. The van der Waals surface area contributed by atoms with Gasteiger partial charge in [0.05, 0.1) is 0 Å². The third-order valence-electron chi connectivity index (χ3n) is 11.8. The average molecular weight is 1060 g/mol. The lowest BCUT2D eigenvalue weighted by Gasteiger charge is -2.36. The van der Waals surface area contributed by atoms with Gasteiger partial charge in [0, 0.05) is 61.5 Å². The van der Waals surface area contributed by atoms with Gasteiger partial charge in [-0.05, 0) is 85.8 Å². The second-order valence-corrected chi connectivity index (χ2v) is 21.3. The summed E-state index contributed by atoms with van der Waals surface area (Å²) >= 11 is 8.72. The number of amides is 9. The second kappa shape index (κ2) is 28.9. The molecule has 0 aliphatic carbocycles. The van der Waals surface area contributed by atoms with E-state index in [1.165, 1.54) is 34.9 Å². The lowest BCUT2D eigenvalue weighted by molar-refractivity contribution is -0.154. The summed E-state index contributed by atoms with van der Waals surface area (Å²) in [6.07, 6.45) is 1.51. The predicted molar refractivity (Wildman–Crippen MR) is 277 cm³/mol. The van der Waals surface area contributed by atoms with E-state index in [0.29, 0.717) is 30.0 Å². The van der Waals surface area contributed by atoms with Gasteiger partial charge < -0.3 is 48.3 Å². The van der Waals surface area contributed by atoms with Crippen LogP contribution in [0.4, 0.5) is 0 Å². The minimum Gasteiger partial charge on any atom is -0.370 e. The van der Waals surface area contributed by atoms with Crippen molar-refractivity contribution in [3.63, 3.8) is 0 Å². The number of carbonyl (C=O) groups is 9. The van der Waals surface area contributed by atoms with Gasteiger partial charge in [0.25, 0.3) is 5.91 Å². The Morgan fingerprint density at radius 1 is 0.889 bits per heavy atom. The fourth-order valence-corrected chi connectivity index (χ4v) is 9.92. The highest BCUT2D eigenvalue weighted by Gasteiger charge is 2.43. The molecule has 0 saturated carbocycles. The molecule has 1 aromatic carbocycles. The summed E-state index contributed by atoms with van der Waals surface area (Å²) in [6.45, 7) is 10.4. The van der Waals surface area contributed by atoms with E-state index < -0.39 is 101 Å². The Bertz CT molecular complexity index is 2230. The molecule has 24 heteroatoms. The molecular formula is C48H71ClN12O9S2. The molecule has 0 unspecified atom stereocenters. The first-order chi connectivity index (χ1) is 34.1. The van der Waals surface area contributed by atoms with Crippen LogP contribution in [0.3, 0.4) is 0 Å². The summed E-state index contributed by atoms with van der Waals surface area (Å²) in [6, 6.07) is 1.95. The van der Waals surface area contributed by atoms with Gasteiger partial charge in [-0.25, -0.2) is 5.01 Å². The van der Waals surface area contributed by atoms with Crippen LogP contribution in [0, 0.1) is 11.8 Å². The Balaban J connectivity index is 1.68. The zero-order valence-corrected chi connectivity index (χ0v) is 44.2. The van der Waals surface area contributed by atoms with Crippen molar-refractivity contribution in [1.82, 2.24) is 47.2 Å². The topological polar surface area (TPSA) is 309 Å².